The molecule has 12 heavy (non-hydrogen) atoms. The average Bonchev–Trinajstić information content (AvgIpc) is 2.04. The lowest BCUT2D eigenvalue weighted by molar-refractivity contribution is 1.13. The smallest absolute Gasteiger partial charge is 0.371 e. The Morgan fingerprint density at radius 2 is 2.00 bits per heavy atom. The number of diazo groups is 1. The van der Waals surface area contributed by atoms with Gasteiger partial charge in [0.05, 0.1) is 0 Å². The van der Waals surface area contributed by atoms with E-state index in [2.05, 4.69) is 4.98 Å². The van der Waals surface area contributed by atoms with Crippen molar-refractivity contribution in [3.8, 4) is 0 Å². The molecule has 0 atom stereocenters. The largest absolute Gasteiger partial charge is 0.408 e. The standard InChI is InChI=1S/C9H12N3/c1-7-4-5-8(11-10)9(6-7)12(2)3/h4-6H,1-3H3/q+1. The third kappa shape index (κ3) is 1.54. The predicted octanol–water partition coefficient (Wildman–Crippen LogP) is 2.55. The number of aryl methyl sites for hydroxylation is 1. The summed E-state index contributed by atoms with van der Waals surface area (Å²) in [6.45, 7) is 2.01. The maximum atomic E-state index is 8.66. The number of rotatable bonds is 1. The number of benzene rings is 1. The lowest BCUT2D eigenvalue weighted by Crippen LogP contribution is -2.08. The summed E-state index contributed by atoms with van der Waals surface area (Å²) in [5.74, 6) is 0. The van der Waals surface area contributed by atoms with Gasteiger partial charge in [0.2, 0.25) is 5.39 Å². The second-order valence-corrected chi connectivity index (χ2v) is 2.99. The van der Waals surface area contributed by atoms with Crippen LogP contribution in [0.25, 0.3) is 4.98 Å². The SMILES string of the molecule is Cc1ccc([N+]#N)c(N(C)C)c1. The fourth-order valence-corrected chi connectivity index (χ4v) is 1.08. The lowest BCUT2D eigenvalue weighted by Gasteiger charge is -2.09. The predicted molar refractivity (Wildman–Crippen MR) is 50.3 cm³/mol. The van der Waals surface area contributed by atoms with Gasteiger partial charge in [0.1, 0.15) is 5.69 Å². The Kier molecular flexibility index (Phi) is 2.29. The molecular formula is C9H12N3+. The maximum Gasteiger partial charge on any atom is 0.408 e. The van der Waals surface area contributed by atoms with Crippen LogP contribution in [0.2, 0.25) is 0 Å². The van der Waals surface area contributed by atoms with Gasteiger partial charge in [0.25, 0.3) is 0 Å². The number of anilines is 1. The molecule has 0 amide bonds. The molecule has 3 nitrogen and oxygen atoms in total. The Bertz CT molecular complexity index is 323. The van der Waals surface area contributed by atoms with E-state index in [4.69, 9.17) is 5.39 Å². The normalized spacial score (nSPS) is 9.17. The molecule has 0 saturated carbocycles. The minimum absolute atomic E-state index is 0.602. The average molecular weight is 162 g/mol. The van der Waals surface area contributed by atoms with Crippen molar-refractivity contribution in [2.45, 2.75) is 6.92 Å². The first kappa shape index (κ1) is 8.54. The summed E-state index contributed by atoms with van der Waals surface area (Å²) in [5, 5.41) is 8.66. The fraction of sp³-hybridized carbons (Fsp3) is 0.333. The lowest BCUT2D eigenvalue weighted by atomic mass is 10.2. The first-order chi connectivity index (χ1) is 5.65. The van der Waals surface area contributed by atoms with E-state index in [-0.39, 0.29) is 0 Å². The van der Waals surface area contributed by atoms with E-state index in [1.54, 1.807) is 6.07 Å². The van der Waals surface area contributed by atoms with Gasteiger partial charge in [0.15, 0.2) is 4.98 Å². The Balaban J connectivity index is 3.24. The van der Waals surface area contributed by atoms with Crippen LogP contribution in [0.5, 0.6) is 0 Å². The summed E-state index contributed by atoms with van der Waals surface area (Å²) in [6.07, 6.45) is 0. The molecule has 3 heteroatoms. The Morgan fingerprint density at radius 3 is 2.50 bits per heavy atom. The molecule has 0 aliphatic carbocycles. The van der Waals surface area contributed by atoms with Crippen molar-refractivity contribution in [3.63, 3.8) is 0 Å². The van der Waals surface area contributed by atoms with Crippen LogP contribution in [0.15, 0.2) is 18.2 Å². The zero-order valence-electron chi connectivity index (χ0n) is 7.57. The van der Waals surface area contributed by atoms with Crippen LogP contribution in [0.3, 0.4) is 0 Å². The number of hydrogen-bond acceptors (Lipinski definition) is 2. The van der Waals surface area contributed by atoms with Gasteiger partial charge in [-0.2, -0.15) is 0 Å². The van der Waals surface area contributed by atoms with Gasteiger partial charge in [-0.05, 0) is 18.6 Å². The van der Waals surface area contributed by atoms with Crippen molar-refractivity contribution in [1.29, 1.82) is 5.39 Å². The third-order valence-corrected chi connectivity index (χ3v) is 1.72. The summed E-state index contributed by atoms with van der Waals surface area (Å²) < 4.78 is 0. The van der Waals surface area contributed by atoms with Crippen molar-refractivity contribution < 1.29 is 0 Å². The van der Waals surface area contributed by atoms with Crippen molar-refractivity contribution in [3.05, 3.63) is 28.7 Å². The zero-order valence-corrected chi connectivity index (χ0v) is 7.57. The van der Waals surface area contributed by atoms with Crippen LogP contribution in [-0.4, -0.2) is 14.1 Å². The van der Waals surface area contributed by atoms with Gasteiger partial charge in [-0.25, -0.2) is 0 Å². The summed E-state index contributed by atoms with van der Waals surface area (Å²) in [6, 6.07) is 5.70. The molecule has 0 spiro atoms. The van der Waals surface area contributed by atoms with Gasteiger partial charge < -0.3 is 4.90 Å². The highest BCUT2D eigenvalue weighted by molar-refractivity contribution is 5.70. The molecule has 0 aliphatic rings. The molecule has 0 N–H and O–H groups in total. The molecule has 1 aromatic carbocycles. The van der Waals surface area contributed by atoms with Crippen molar-refractivity contribution in [2.75, 3.05) is 19.0 Å². The van der Waals surface area contributed by atoms with E-state index in [1.165, 1.54) is 0 Å². The highest BCUT2D eigenvalue weighted by Crippen LogP contribution is 2.27. The van der Waals surface area contributed by atoms with Gasteiger partial charge in [-0.3, -0.25) is 0 Å². The molecule has 0 fully saturated rings. The molecule has 0 saturated heterocycles. The second-order valence-electron chi connectivity index (χ2n) is 2.99. The van der Waals surface area contributed by atoms with Gasteiger partial charge in [-0.15, -0.1) is 0 Å². The third-order valence-electron chi connectivity index (χ3n) is 1.72. The molecule has 0 unspecified atom stereocenters. The number of hydrogen-bond donors (Lipinski definition) is 0. The zero-order chi connectivity index (χ0) is 9.14. The first-order valence-electron chi connectivity index (χ1n) is 3.78. The Hall–Kier alpha value is -1.56. The monoisotopic (exact) mass is 162 g/mol. The molecular weight excluding hydrogens is 150 g/mol. The van der Waals surface area contributed by atoms with Crippen LogP contribution in [0, 0.1) is 12.3 Å². The Labute approximate surface area is 72.2 Å². The summed E-state index contributed by atoms with van der Waals surface area (Å²) in [7, 11) is 3.84. The molecule has 0 aromatic heterocycles. The maximum absolute atomic E-state index is 8.66. The van der Waals surface area contributed by atoms with E-state index in [1.807, 2.05) is 38.1 Å². The quantitative estimate of drug-likeness (QED) is 0.594. The second kappa shape index (κ2) is 3.22. The van der Waals surface area contributed by atoms with Crippen molar-refractivity contribution in [2.24, 2.45) is 0 Å². The van der Waals surface area contributed by atoms with Gasteiger partial charge >= 0.3 is 5.69 Å². The van der Waals surface area contributed by atoms with Crippen LogP contribution < -0.4 is 4.90 Å². The van der Waals surface area contributed by atoms with Gasteiger partial charge in [0, 0.05) is 20.2 Å². The molecule has 0 heterocycles. The summed E-state index contributed by atoms with van der Waals surface area (Å²) >= 11 is 0. The topological polar surface area (TPSA) is 31.4 Å². The fourth-order valence-electron chi connectivity index (χ4n) is 1.08. The van der Waals surface area contributed by atoms with Crippen molar-refractivity contribution in [1.82, 2.24) is 0 Å². The van der Waals surface area contributed by atoms with E-state index in [9.17, 15) is 0 Å². The van der Waals surface area contributed by atoms with E-state index >= 15 is 0 Å². The molecule has 1 aromatic rings. The molecule has 0 aliphatic heterocycles. The molecule has 0 radical (unpaired) electrons. The molecule has 1 rings (SSSR count). The number of nitrogens with zero attached hydrogens (tertiary/aromatic N) is 3. The highest BCUT2D eigenvalue weighted by atomic mass is 15.1. The summed E-state index contributed by atoms with van der Waals surface area (Å²) in [5.41, 5.74) is 2.69. The van der Waals surface area contributed by atoms with Gasteiger partial charge in [-0.1, -0.05) is 6.07 Å². The van der Waals surface area contributed by atoms with E-state index in [0.717, 1.165) is 11.3 Å². The Morgan fingerprint density at radius 1 is 1.33 bits per heavy atom. The molecule has 0 bridgehead atoms. The summed E-state index contributed by atoms with van der Waals surface area (Å²) in [4.78, 5) is 5.11. The molecule has 62 valence electrons. The van der Waals surface area contributed by atoms with E-state index in [0.29, 0.717) is 5.69 Å². The van der Waals surface area contributed by atoms with Crippen LogP contribution >= 0.6 is 0 Å². The highest BCUT2D eigenvalue weighted by Gasteiger charge is 2.14. The van der Waals surface area contributed by atoms with Crippen LogP contribution in [0.4, 0.5) is 11.4 Å². The minimum atomic E-state index is 0.602. The minimum Gasteiger partial charge on any atom is -0.371 e. The van der Waals surface area contributed by atoms with Crippen LogP contribution in [-0.2, 0) is 0 Å². The van der Waals surface area contributed by atoms with Crippen LogP contribution in [0.1, 0.15) is 5.56 Å². The van der Waals surface area contributed by atoms with Crippen molar-refractivity contribution >= 4 is 11.4 Å². The van der Waals surface area contributed by atoms with E-state index < -0.39 is 0 Å². The first-order valence-corrected chi connectivity index (χ1v) is 3.78.